The Morgan fingerprint density at radius 3 is 2.82 bits per heavy atom. The van der Waals surface area contributed by atoms with Crippen LogP contribution in [-0.4, -0.2) is 36.6 Å². The number of benzene rings is 1. The van der Waals surface area contributed by atoms with Gasteiger partial charge in [-0.05, 0) is 24.7 Å². The van der Waals surface area contributed by atoms with E-state index < -0.39 is 5.82 Å². The average molecular weight is 241 g/mol. The van der Waals surface area contributed by atoms with Crippen LogP contribution in [0.5, 0.6) is 5.75 Å². The molecule has 0 aliphatic rings. The molecule has 17 heavy (non-hydrogen) atoms. The van der Waals surface area contributed by atoms with Crippen molar-refractivity contribution in [2.75, 3.05) is 20.7 Å². The third kappa shape index (κ3) is 3.92. The second-order valence-electron chi connectivity index (χ2n) is 3.73. The largest absolute Gasteiger partial charge is 0.494 e. The molecule has 3 N–H and O–H groups in total. The van der Waals surface area contributed by atoms with Gasteiger partial charge < -0.3 is 15.7 Å². The second-order valence-corrected chi connectivity index (χ2v) is 3.73. The lowest BCUT2D eigenvalue weighted by Crippen LogP contribution is -2.30. The predicted molar refractivity (Wildman–Crippen MR) is 62.7 cm³/mol. The highest BCUT2D eigenvalue weighted by molar-refractivity contribution is 5.81. The Bertz CT molecular complexity index is 410. The first kappa shape index (κ1) is 13.2. The summed E-state index contributed by atoms with van der Waals surface area (Å²) in [5, 5.41) is 11.3. The normalized spacial score (nSPS) is 11.9. The molecule has 1 aromatic carbocycles. The third-order valence-electron chi connectivity index (χ3n) is 2.23. The molecule has 94 valence electrons. The van der Waals surface area contributed by atoms with Gasteiger partial charge in [0, 0.05) is 6.54 Å². The van der Waals surface area contributed by atoms with Crippen LogP contribution in [0.15, 0.2) is 23.4 Å². The van der Waals surface area contributed by atoms with Crippen molar-refractivity contribution in [1.29, 1.82) is 0 Å². The monoisotopic (exact) mass is 241 g/mol. The molecule has 0 heterocycles. The Labute approximate surface area is 99.3 Å². The zero-order valence-electron chi connectivity index (χ0n) is 9.85. The molecule has 0 atom stereocenters. The van der Waals surface area contributed by atoms with E-state index in [-0.39, 0.29) is 11.6 Å². The van der Waals surface area contributed by atoms with E-state index in [0.717, 1.165) is 5.56 Å². The molecule has 0 aliphatic heterocycles. The van der Waals surface area contributed by atoms with Gasteiger partial charge in [-0.3, -0.25) is 4.90 Å². The topological polar surface area (TPSA) is 71.1 Å². The van der Waals surface area contributed by atoms with E-state index in [9.17, 15) is 4.39 Å². The van der Waals surface area contributed by atoms with Crippen LogP contribution in [0.3, 0.4) is 0 Å². The fraction of sp³-hybridized carbons (Fsp3) is 0.364. The van der Waals surface area contributed by atoms with E-state index >= 15 is 0 Å². The Balaban J connectivity index is 2.66. The van der Waals surface area contributed by atoms with E-state index in [0.29, 0.717) is 13.1 Å². The zero-order valence-corrected chi connectivity index (χ0v) is 9.85. The molecule has 0 spiro atoms. The van der Waals surface area contributed by atoms with Gasteiger partial charge in [-0.1, -0.05) is 11.2 Å². The van der Waals surface area contributed by atoms with E-state index in [4.69, 9.17) is 15.7 Å². The number of amidine groups is 1. The van der Waals surface area contributed by atoms with Crippen LogP contribution < -0.4 is 10.5 Å². The molecular formula is C11H16FN3O2. The first-order chi connectivity index (χ1) is 8.06. The minimum atomic E-state index is -0.401. The van der Waals surface area contributed by atoms with Crippen molar-refractivity contribution in [2.24, 2.45) is 10.9 Å². The van der Waals surface area contributed by atoms with Crippen LogP contribution >= 0.6 is 0 Å². The summed E-state index contributed by atoms with van der Waals surface area (Å²) in [5.74, 6) is -0.0727. The van der Waals surface area contributed by atoms with E-state index in [1.54, 1.807) is 24.1 Å². The molecule has 0 radical (unpaired) electrons. The van der Waals surface area contributed by atoms with E-state index in [2.05, 4.69) is 5.16 Å². The van der Waals surface area contributed by atoms with Gasteiger partial charge in [0.15, 0.2) is 17.4 Å². The quantitative estimate of drug-likeness (QED) is 0.349. The molecule has 6 heteroatoms. The summed E-state index contributed by atoms with van der Waals surface area (Å²) in [6.45, 7) is 0.807. The number of oxime groups is 1. The van der Waals surface area contributed by atoms with Crippen molar-refractivity contribution < 1.29 is 14.3 Å². The van der Waals surface area contributed by atoms with E-state index in [1.807, 2.05) is 0 Å². The summed E-state index contributed by atoms with van der Waals surface area (Å²) in [5.41, 5.74) is 6.16. The van der Waals surface area contributed by atoms with Crippen LogP contribution in [0.4, 0.5) is 4.39 Å². The summed E-state index contributed by atoms with van der Waals surface area (Å²) in [6.07, 6.45) is 0. The minimum absolute atomic E-state index is 0.112. The van der Waals surface area contributed by atoms with Crippen LogP contribution in [-0.2, 0) is 6.54 Å². The molecule has 1 aromatic rings. The van der Waals surface area contributed by atoms with Gasteiger partial charge in [-0.25, -0.2) is 4.39 Å². The van der Waals surface area contributed by atoms with Gasteiger partial charge in [0.1, 0.15) is 0 Å². The number of rotatable bonds is 5. The van der Waals surface area contributed by atoms with Gasteiger partial charge in [0.05, 0.1) is 13.7 Å². The molecule has 1 rings (SSSR count). The fourth-order valence-electron chi connectivity index (χ4n) is 1.48. The van der Waals surface area contributed by atoms with Gasteiger partial charge in [0.25, 0.3) is 0 Å². The zero-order chi connectivity index (χ0) is 12.8. The number of likely N-dealkylation sites (N-methyl/N-ethyl adjacent to an activating group) is 1. The van der Waals surface area contributed by atoms with E-state index in [1.165, 1.54) is 13.2 Å². The first-order valence-corrected chi connectivity index (χ1v) is 5.04. The Hall–Kier alpha value is -1.82. The molecule has 0 fully saturated rings. The molecule has 0 saturated carbocycles. The minimum Gasteiger partial charge on any atom is -0.494 e. The second kappa shape index (κ2) is 6.05. The molecule has 0 aliphatic carbocycles. The maximum Gasteiger partial charge on any atom is 0.165 e. The highest BCUT2D eigenvalue weighted by Gasteiger charge is 2.06. The van der Waals surface area contributed by atoms with Crippen LogP contribution in [0.1, 0.15) is 5.56 Å². The highest BCUT2D eigenvalue weighted by Crippen LogP contribution is 2.18. The Morgan fingerprint density at radius 1 is 1.59 bits per heavy atom. The van der Waals surface area contributed by atoms with Crippen molar-refractivity contribution in [3.8, 4) is 5.75 Å². The number of hydrogen-bond donors (Lipinski definition) is 2. The van der Waals surface area contributed by atoms with Crippen molar-refractivity contribution >= 4 is 5.84 Å². The summed E-state index contributed by atoms with van der Waals surface area (Å²) < 4.78 is 18.2. The average Bonchev–Trinajstić information content (AvgIpc) is 2.29. The van der Waals surface area contributed by atoms with Crippen LogP contribution in [0.25, 0.3) is 0 Å². The number of methoxy groups -OCH3 is 1. The third-order valence-corrected chi connectivity index (χ3v) is 2.23. The number of nitrogens with zero attached hydrogens (tertiary/aromatic N) is 2. The van der Waals surface area contributed by atoms with Gasteiger partial charge in [0.2, 0.25) is 0 Å². The SMILES string of the molecule is COc1ccc(CN(C)CC(N)=NO)cc1F. The molecule has 5 nitrogen and oxygen atoms in total. The van der Waals surface area contributed by atoms with Crippen LogP contribution in [0.2, 0.25) is 0 Å². The number of hydrogen-bond acceptors (Lipinski definition) is 4. The lowest BCUT2D eigenvalue weighted by atomic mass is 10.2. The molecule has 0 unspecified atom stereocenters. The fourth-order valence-corrected chi connectivity index (χ4v) is 1.48. The smallest absolute Gasteiger partial charge is 0.165 e. The van der Waals surface area contributed by atoms with Crippen molar-refractivity contribution in [1.82, 2.24) is 4.90 Å². The molecule has 0 amide bonds. The Morgan fingerprint density at radius 2 is 2.29 bits per heavy atom. The van der Waals surface area contributed by atoms with Gasteiger partial charge in [-0.15, -0.1) is 0 Å². The summed E-state index contributed by atoms with van der Waals surface area (Å²) in [7, 11) is 3.21. The summed E-state index contributed by atoms with van der Waals surface area (Å²) >= 11 is 0. The molecular weight excluding hydrogens is 225 g/mol. The maximum atomic E-state index is 13.4. The highest BCUT2D eigenvalue weighted by atomic mass is 19.1. The molecule has 0 bridgehead atoms. The van der Waals surface area contributed by atoms with Crippen LogP contribution in [0, 0.1) is 5.82 Å². The lowest BCUT2D eigenvalue weighted by Gasteiger charge is -2.15. The lowest BCUT2D eigenvalue weighted by molar-refractivity contribution is 0.308. The van der Waals surface area contributed by atoms with Gasteiger partial charge >= 0.3 is 0 Å². The number of ether oxygens (including phenoxy) is 1. The predicted octanol–water partition coefficient (Wildman–Crippen LogP) is 1.01. The van der Waals surface area contributed by atoms with Gasteiger partial charge in [-0.2, -0.15) is 0 Å². The summed E-state index contributed by atoms with van der Waals surface area (Å²) in [4.78, 5) is 1.80. The molecule has 0 aromatic heterocycles. The standard InChI is InChI=1S/C11H16FN3O2/c1-15(7-11(13)14-16)6-8-3-4-10(17-2)9(12)5-8/h3-5,16H,6-7H2,1-2H3,(H2,13,14). The number of nitrogens with two attached hydrogens (primary N) is 1. The van der Waals surface area contributed by atoms with Crippen molar-refractivity contribution in [2.45, 2.75) is 6.54 Å². The van der Waals surface area contributed by atoms with Crippen molar-refractivity contribution in [3.63, 3.8) is 0 Å². The first-order valence-electron chi connectivity index (χ1n) is 5.04. The molecule has 0 saturated heterocycles. The Kier molecular flexibility index (Phi) is 4.71. The maximum absolute atomic E-state index is 13.4. The summed E-state index contributed by atoms with van der Waals surface area (Å²) in [6, 6.07) is 4.74. The number of halogens is 1. The van der Waals surface area contributed by atoms with Crippen molar-refractivity contribution in [3.05, 3.63) is 29.6 Å².